The van der Waals surface area contributed by atoms with E-state index in [-0.39, 0.29) is 11.4 Å². The van der Waals surface area contributed by atoms with Gasteiger partial charge in [-0.2, -0.15) is 0 Å². The molecule has 1 fully saturated rings. The Kier molecular flexibility index (Phi) is 3.09. The van der Waals surface area contributed by atoms with Crippen LogP contribution in [0.25, 0.3) is 0 Å². The smallest absolute Gasteiger partial charge is 0.305 e. The maximum atomic E-state index is 11.0. The van der Waals surface area contributed by atoms with Crippen LogP contribution >= 0.6 is 0 Å². The molecule has 0 aromatic carbocycles. The molecule has 3 heteroatoms. The van der Waals surface area contributed by atoms with Crippen molar-refractivity contribution in [1.82, 2.24) is 0 Å². The Morgan fingerprint density at radius 1 is 1.58 bits per heavy atom. The van der Waals surface area contributed by atoms with E-state index in [1.165, 1.54) is 0 Å². The summed E-state index contributed by atoms with van der Waals surface area (Å²) in [6.45, 7) is 6.01. The molecule has 70 valence electrons. The molecule has 0 radical (unpaired) electrons. The van der Waals surface area contributed by atoms with E-state index in [4.69, 9.17) is 9.47 Å². The van der Waals surface area contributed by atoms with Gasteiger partial charge in [0.15, 0.2) is 0 Å². The second-order valence-electron chi connectivity index (χ2n) is 3.61. The first-order valence-corrected chi connectivity index (χ1v) is 4.40. The molecule has 0 amide bonds. The second-order valence-corrected chi connectivity index (χ2v) is 3.61. The van der Waals surface area contributed by atoms with Gasteiger partial charge < -0.3 is 9.47 Å². The SMILES string of the molecule is CCOC(=O)CCC1(C)COC1. The molecule has 0 spiro atoms. The fourth-order valence-electron chi connectivity index (χ4n) is 1.23. The second kappa shape index (κ2) is 3.90. The summed E-state index contributed by atoms with van der Waals surface area (Å²) in [5.41, 5.74) is 0.229. The molecule has 3 nitrogen and oxygen atoms in total. The third kappa shape index (κ3) is 2.48. The first-order chi connectivity index (χ1) is 5.66. The Labute approximate surface area is 73.0 Å². The van der Waals surface area contributed by atoms with Gasteiger partial charge in [0.25, 0.3) is 0 Å². The zero-order chi connectivity index (χ0) is 9.03. The zero-order valence-corrected chi connectivity index (χ0v) is 7.76. The van der Waals surface area contributed by atoms with Crippen molar-refractivity contribution in [2.24, 2.45) is 5.41 Å². The average Bonchev–Trinajstić information content (AvgIpc) is 1.98. The van der Waals surface area contributed by atoms with Gasteiger partial charge in [-0.1, -0.05) is 6.92 Å². The molecule has 0 atom stereocenters. The summed E-state index contributed by atoms with van der Waals surface area (Å²) >= 11 is 0. The predicted octanol–water partition coefficient (Wildman–Crippen LogP) is 1.37. The minimum Gasteiger partial charge on any atom is -0.466 e. The van der Waals surface area contributed by atoms with Gasteiger partial charge in [0, 0.05) is 11.8 Å². The van der Waals surface area contributed by atoms with Crippen LogP contribution in [-0.2, 0) is 14.3 Å². The van der Waals surface area contributed by atoms with E-state index < -0.39 is 0 Å². The summed E-state index contributed by atoms with van der Waals surface area (Å²) in [6, 6.07) is 0. The molecular weight excluding hydrogens is 156 g/mol. The van der Waals surface area contributed by atoms with Crippen LogP contribution in [-0.4, -0.2) is 25.8 Å². The lowest BCUT2D eigenvalue weighted by Crippen LogP contribution is -2.40. The Balaban J connectivity index is 2.12. The number of hydrogen-bond acceptors (Lipinski definition) is 3. The van der Waals surface area contributed by atoms with Gasteiger partial charge in [-0.15, -0.1) is 0 Å². The third-order valence-corrected chi connectivity index (χ3v) is 2.14. The highest BCUT2D eigenvalue weighted by atomic mass is 16.5. The Hall–Kier alpha value is -0.570. The number of rotatable bonds is 4. The van der Waals surface area contributed by atoms with Gasteiger partial charge in [-0.25, -0.2) is 0 Å². The lowest BCUT2D eigenvalue weighted by atomic mass is 9.84. The van der Waals surface area contributed by atoms with Crippen molar-refractivity contribution < 1.29 is 14.3 Å². The Morgan fingerprint density at radius 3 is 2.67 bits per heavy atom. The minimum atomic E-state index is -0.0920. The van der Waals surface area contributed by atoms with E-state index in [9.17, 15) is 4.79 Å². The molecule has 1 aliphatic heterocycles. The van der Waals surface area contributed by atoms with Crippen molar-refractivity contribution in [3.63, 3.8) is 0 Å². The molecule has 0 aliphatic carbocycles. The lowest BCUT2D eigenvalue weighted by Gasteiger charge is -2.37. The molecule has 0 bridgehead atoms. The van der Waals surface area contributed by atoms with Crippen molar-refractivity contribution >= 4 is 5.97 Å². The topological polar surface area (TPSA) is 35.5 Å². The fourth-order valence-corrected chi connectivity index (χ4v) is 1.23. The first kappa shape index (κ1) is 9.52. The number of ether oxygens (including phenoxy) is 2. The number of hydrogen-bond donors (Lipinski definition) is 0. The third-order valence-electron chi connectivity index (χ3n) is 2.14. The summed E-state index contributed by atoms with van der Waals surface area (Å²) < 4.78 is 9.90. The van der Waals surface area contributed by atoms with Crippen LogP contribution in [0.1, 0.15) is 26.7 Å². The van der Waals surface area contributed by atoms with E-state index in [1.807, 2.05) is 6.92 Å². The molecular formula is C9H16O3. The van der Waals surface area contributed by atoms with Crippen LogP contribution in [0.5, 0.6) is 0 Å². The van der Waals surface area contributed by atoms with Crippen LogP contribution in [0.2, 0.25) is 0 Å². The van der Waals surface area contributed by atoms with E-state index in [0.29, 0.717) is 13.0 Å². The van der Waals surface area contributed by atoms with Gasteiger partial charge in [0.1, 0.15) is 0 Å². The predicted molar refractivity (Wildman–Crippen MR) is 44.8 cm³/mol. The van der Waals surface area contributed by atoms with Crippen LogP contribution in [0, 0.1) is 5.41 Å². The van der Waals surface area contributed by atoms with Crippen LogP contribution < -0.4 is 0 Å². The fraction of sp³-hybridized carbons (Fsp3) is 0.889. The molecule has 12 heavy (non-hydrogen) atoms. The van der Waals surface area contributed by atoms with Crippen LogP contribution in [0.4, 0.5) is 0 Å². The van der Waals surface area contributed by atoms with Crippen molar-refractivity contribution in [1.29, 1.82) is 0 Å². The minimum absolute atomic E-state index is 0.0920. The van der Waals surface area contributed by atoms with E-state index >= 15 is 0 Å². The maximum absolute atomic E-state index is 11.0. The quantitative estimate of drug-likeness (QED) is 0.601. The summed E-state index contributed by atoms with van der Waals surface area (Å²) in [5.74, 6) is -0.0920. The van der Waals surface area contributed by atoms with E-state index in [1.54, 1.807) is 0 Å². The molecule has 0 aromatic heterocycles. The van der Waals surface area contributed by atoms with Crippen molar-refractivity contribution in [3.8, 4) is 0 Å². The lowest BCUT2D eigenvalue weighted by molar-refractivity contribution is -0.147. The zero-order valence-electron chi connectivity index (χ0n) is 7.76. The van der Waals surface area contributed by atoms with Gasteiger partial charge >= 0.3 is 5.97 Å². The molecule has 0 saturated carbocycles. The molecule has 1 aliphatic rings. The van der Waals surface area contributed by atoms with Crippen molar-refractivity contribution in [3.05, 3.63) is 0 Å². The highest BCUT2D eigenvalue weighted by Crippen LogP contribution is 2.31. The Bertz CT molecular complexity index is 161. The summed E-state index contributed by atoms with van der Waals surface area (Å²) in [5, 5.41) is 0. The summed E-state index contributed by atoms with van der Waals surface area (Å²) in [7, 11) is 0. The van der Waals surface area contributed by atoms with Gasteiger partial charge in [-0.05, 0) is 13.3 Å². The first-order valence-electron chi connectivity index (χ1n) is 4.40. The summed E-state index contributed by atoms with van der Waals surface area (Å²) in [4.78, 5) is 11.0. The summed E-state index contributed by atoms with van der Waals surface area (Å²) in [6.07, 6.45) is 1.40. The molecule has 0 unspecified atom stereocenters. The van der Waals surface area contributed by atoms with E-state index in [2.05, 4.69) is 6.92 Å². The van der Waals surface area contributed by atoms with Gasteiger partial charge in [0.05, 0.1) is 19.8 Å². The Morgan fingerprint density at radius 2 is 2.25 bits per heavy atom. The molecule has 1 saturated heterocycles. The van der Waals surface area contributed by atoms with Crippen molar-refractivity contribution in [2.75, 3.05) is 19.8 Å². The number of carbonyl (C=O) groups is 1. The number of carbonyl (C=O) groups excluding carboxylic acids is 1. The highest BCUT2D eigenvalue weighted by molar-refractivity contribution is 5.69. The largest absolute Gasteiger partial charge is 0.466 e. The monoisotopic (exact) mass is 172 g/mol. The number of esters is 1. The highest BCUT2D eigenvalue weighted by Gasteiger charge is 2.33. The van der Waals surface area contributed by atoms with Crippen molar-refractivity contribution in [2.45, 2.75) is 26.7 Å². The van der Waals surface area contributed by atoms with Gasteiger partial charge in [-0.3, -0.25) is 4.79 Å². The van der Waals surface area contributed by atoms with Crippen LogP contribution in [0.15, 0.2) is 0 Å². The van der Waals surface area contributed by atoms with Crippen LogP contribution in [0.3, 0.4) is 0 Å². The van der Waals surface area contributed by atoms with E-state index in [0.717, 1.165) is 19.6 Å². The molecule has 1 heterocycles. The standard InChI is InChI=1S/C9H16O3/c1-3-12-8(10)4-5-9(2)6-11-7-9/h3-7H2,1-2H3. The van der Waals surface area contributed by atoms with Gasteiger partial charge in [0.2, 0.25) is 0 Å². The molecule has 0 aromatic rings. The molecule has 1 rings (SSSR count). The maximum Gasteiger partial charge on any atom is 0.305 e. The molecule has 0 N–H and O–H groups in total. The normalized spacial score (nSPS) is 19.8. The average molecular weight is 172 g/mol.